The number of pyridine rings is 2. The first-order chi connectivity index (χ1) is 25.3. The predicted octanol–water partition coefficient (Wildman–Crippen LogP) is 13.6. The van der Waals surface area contributed by atoms with Gasteiger partial charge in [-0.3, -0.25) is 4.98 Å². The van der Waals surface area contributed by atoms with Gasteiger partial charge in [0.2, 0.25) is 0 Å². The topological polar surface area (TPSA) is 25.8 Å². The van der Waals surface area contributed by atoms with E-state index in [1.807, 2.05) is 23.6 Å². The molecular weight excluding hydrogens is 637 g/mol. The van der Waals surface area contributed by atoms with E-state index < -0.39 is 0 Å². The van der Waals surface area contributed by atoms with Crippen molar-refractivity contribution >= 4 is 76.2 Å². The second-order valence-electron chi connectivity index (χ2n) is 13.3. The molecule has 3 heteroatoms. The minimum atomic E-state index is 0.934. The van der Waals surface area contributed by atoms with Gasteiger partial charge in [0, 0.05) is 32.3 Å². The molecule has 11 rings (SSSR count). The summed E-state index contributed by atoms with van der Waals surface area (Å²) in [5.74, 6) is 0. The van der Waals surface area contributed by atoms with Crippen molar-refractivity contribution in [1.82, 2.24) is 9.97 Å². The van der Waals surface area contributed by atoms with Gasteiger partial charge in [0.25, 0.3) is 0 Å². The first-order valence-electron chi connectivity index (χ1n) is 17.3. The molecule has 0 radical (unpaired) electrons. The highest BCUT2D eigenvalue weighted by Gasteiger charge is 2.16. The highest BCUT2D eigenvalue weighted by Crippen LogP contribution is 2.43. The fourth-order valence-corrected chi connectivity index (χ4v) is 9.12. The zero-order valence-electron chi connectivity index (χ0n) is 27.5. The van der Waals surface area contributed by atoms with Gasteiger partial charge in [-0.1, -0.05) is 133 Å². The Morgan fingerprint density at radius 2 is 1.00 bits per heavy atom. The van der Waals surface area contributed by atoms with Crippen molar-refractivity contribution in [3.8, 4) is 43.3 Å². The molecule has 0 amide bonds. The molecule has 0 atom stereocenters. The van der Waals surface area contributed by atoms with E-state index in [0.717, 1.165) is 33.1 Å². The second kappa shape index (κ2) is 11.0. The van der Waals surface area contributed by atoms with E-state index in [-0.39, 0.29) is 0 Å². The van der Waals surface area contributed by atoms with E-state index in [1.165, 1.54) is 75.1 Å². The van der Waals surface area contributed by atoms with Crippen molar-refractivity contribution in [2.24, 2.45) is 0 Å². The van der Waals surface area contributed by atoms with E-state index in [2.05, 4.69) is 163 Å². The average molecular weight is 665 g/mol. The maximum atomic E-state index is 5.19. The Labute approximate surface area is 298 Å². The first kappa shape index (κ1) is 28.4. The molecule has 0 aliphatic heterocycles. The van der Waals surface area contributed by atoms with Crippen LogP contribution < -0.4 is 0 Å². The maximum absolute atomic E-state index is 5.19. The van der Waals surface area contributed by atoms with Crippen molar-refractivity contribution in [2.45, 2.75) is 0 Å². The van der Waals surface area contributed by atoms with E-state index in [4.69, 9.17) is 4.98 Å². The van der Waals surface area contributed by atoms with Gasteiger partial charge in [0.05, 0.1) is 16.7 Å². The van der Waals surface area contributed by atoms with Gasteiger partial charge in [-0.15, -0.1) is 11.3 Å². The SMILES string of the molecule is c1cc(-c2ccc(-c3ccc4ccc5cccc6ccc3c4c56)s2)cc(-c2ccc(-c3ccc4ccc5cccnc5c4n3)c3ccccc23)c1. The van der Waals surface area contributed by atoms with Crippen LogP contribution in [0, 0.1) is 0 Å². The molecule has 0 aliphatic carbocycles. The second-order valence-corrected chi connectivity index (χ2v) is 14.4. The average Bonchev–Trinajstić information content (AvgIpc) is 3.70. The van der Waals surface area contributed by atoms with E-state index in [9.17, 15) is 0 Å². The Morgan fingerprint density at radius 3 is 1.88 bits per heavy atom. The number of nitrogens with zero attached hydrogens (tertiary/aromatic N) is 2. The molecule has 0 saturated heterocycles. The molecule has 0 bridgehead atoms. The molecule has 3 aromatic heterocycles. The summed E-state index contributed by atoms with van der Waals surface area (Å²) in [5.41, 5.74) is 8.88. The number of hydrogen-bond acceptors (Lipinski definition) is 3. The standard InChI is InChI=1S/C48H28N2S/c1-2-12-38-37(11-1)36(22-23-39(38)42-24-19-33-16-15-32-10-5-27-49-47(32)48(33)50-42)34-8-4-9-35(28-34)43-25-26-44(51-43)40-20-17-31-14-13-29-6-3-7-30-18-21-41(40)46(31)45(29)30/h1-28H. The summed E-state index contributed by atoms with van der Waals surface area (Å²) in [6.07, 6.45) is 1.85. The van der Waals surface area contributed by atoms with Gasteiger partial charge in [-0.05, 0) is 95.7 Å². The predicted molar refractivity (Wildman–Crippen MR) is 218 cm³/mol. The van der Waals surface area contributed by atoms with Crippen molar-refractivity contribution in [1.29, 1.82) is 0 Å². The summed E-state index contributed by atoms with van der Waals surface area (Å²) < 4.78 is 0. The zero-order chi connectivity index (χ0) is 33.5. The molecule has 0 N–H and O–H groups in total. The lowest BCUT2D eigenvalue weighted by Gasteiger charge is -2.13. The summed E-state index contributed by atoms with van der Waals surface area (Å²) in [4.78, 5) is 12.4. The van der Waals surface area contributed by atoms with Crippen LogP contribution in [-0.4, -0.2) is 9.97 Å². The number of aromatic nitrogens is 2. The molecule has 11 aromatic rings. The molecular formula is C48H28N2S. The summed E-state index contributed by atoms with van der Waals surface area (Å²) in [7, 11) is 0. The largest absolute Gasteiger partial charge is 0.254 e. The van der Waals surface area contributed by atoms with Crippen LogP contribution in [-0.2, 0) is 0 Å². The monoisotopic (exact) mass is 664 g/mol. The van der Waals surface area contributed by atoms with E-state index >= 15 is 0 Å². The number of thiophene rings is 1. The Hall–Kier alpha value is -6.42. The molecule has 2 nitrogen and oxygen atoms in total. The summed E-state index contributed by atoms with van der Waals surface area (Å²) >= 11 is 1.86. The lowest BCUT2D eigenvalue weighted by molar-refractivity contribution is 1.37. The first-order valence-corrected chi connectivity index (χ1v) is 18.1. The van der Waals surface area contributed by atoms with Crippen molar-refractivity contribution in [3.05, 3.63) is 170 Å². The van der Waals surface area contributed by atoms with Crippen LogP contribution in [0.5, 0.6) is 0 Å². The van der Waals surface area contributed by atoms with E-state index in [1.54, 1.807) is 0 Å². The third-order valence-electron chi connectivity index (χ3n) is 10.5. The third-order valence-corrected chi connectivity index (χ3v) is 11.7. The number of rotatable bonds is 4. The Bertz CT molecular complexity index is 3140. The summed E-state index contributed by atoms with van der Waals surface area (Å²) in [6, 6.07) is 59.6. The highest BCUT2D eigenvalue weighted by molar-refractivity contribution is 7.19. The van der Waals surface area contributed by atoms with Gasteiger partial charge < -0.3 is 0 Å². The quantitative estimate of drug-likeness (QED) is 0.175. The van der Waals surface area contributed by atoms with Crippen LogP contribution in [0.4, 0.5) is 0 Å². The summed E-state index contributed by atoms with van der Waals surface area (Å²) in [5, 5.41) is 12.5. The lowest BCUT2D eigenvalue weighted by atomic mass is 9.91. The molecule has 0 unspecified atom stereocenters. The molecule has 0 spiro atoms. The van der Waals surface area contributed by atoms with Crippen molar-refractivity contribution in [3.63, 3.8) is 0 Å². The fourth-order valence-electron chi connectivity index (χ4n) is 8.08. The van der Waals surface area contributed by atoms with Crippen LogP contribution in [0.15, 0.2) is 170 Å². The Balaban J connectivity index is 0.997. The van der Waals surface area contributed by atoms with Gasteiger partial charge in [0.15, 0.2) is 0 Å². The Kier molecular flexibility index (Phi) is 6.16. The van der Waals surface area contributed by atoms with Gasteiger partial charge in [-0.25, -0.2) is 4.98 Å². The fraction of sp³-hybridized carbons (Fsp3) is 0. The zero-order valence-corrected chi connectivity index (χ0v) is 28.3. The number of benzene rings is 8. The van der Waals surface area contributed by atoms with E-state index in [0.29, 0.717) is 0 Å². The summed E-state index contributed by atoms with van der Waals surface area (Å²) in [6.45, 7) is 0. The van der Waals surface area contributed by atoms with Crippen LogP contribution in [0.25, 0.3) is 108 Å². The molecule has 0 fully saturated rings. The number of hydrogen-bond donors (Lipinski definition) is 0. The molecule has 0 saturated carbocycles. The van der Waals surface area contributed by atoms with Gasteiger partial charge in [0.1, 0.15) is 0 Å². The van der Waals surface area contributed by atoms with Gasteiger partial charge >= 0.3 is 0 Å². The normalized spacial score (nSPS) is 11.9. The number of fused-ring (bicyclic) bond motifs is 4. The van der Waals surface area contributed by atoms with Crippen molar-refractivity contribution < 1.29 is 0 Å². The molecule has 8 aromatic carbocycles. The molecule has 51 heavy (non-hydrogen) atoms. The molecule has 236 valence electrons. The molecule has 0 aliphatic rings. The Morgan fingerprint density at radius 1 is 0.373 bits per heavy atom. The van der Waals surface area contributed by atoms with Crippen LogP contribution in [0.3, 0.4) is 0 Å². The minimum Gasteiger partial charge on any atom is -0.254 e. The van der Waals surface area contributed by atoms with Gasteiger partial charge in [-0.2, -0.15) is 0 Å². The lowest BCUT2D eigenvalue weighted by Crippen LogP contribution is -1.91. The molecule has 3 heterocycles. The van der Waals surface area contributed by atoms with Crippen LogP contribution in [0.1, 0.15) is 0 Å². The third kappa shape index (κ3) is 4.42. The van der Waals surface area contributed by atoms with Crippen LogP contribution in [0.2, 0.25) is 0 Å². The smallest absolute Gasteiger partial charge is 0.0972 e. The van der Waals surface area contributed by atoms with Crippen LogP contribution >= 0.6 is 11.3 Å². The van der Waals surface area contributed by atoms with Crippen molar-refractivity contribution in [2.75, 3.05) is 0 Å². The minimum absolute atomic E-state index is 0.934. The highest BCUT2D eigenvalue weighted by atomic mass is 32.1. The maximum Gasteiger partial charge on any atom is 0.0972 e.